The molecular formula is C29H31N3O3. The number of aliphatic hydroxyl groups excluding tert-OH is 1. The van der Waals surface area contributed by atoms with E-state index < -0.39 is 5.41 Å². The highest BCUT2D eigenvalue weighted by atomic mass is 16.5. The quantitative estimate of drug-likeness (QED) is 0.384. The van der Waals surface area contributed by atoms with Gasteiger partial charge in [-0.05, 0) is 43.5 Å². The third-order valence-electron chi connectivity index (χ3n) is 5.74. The van der Waals surface area contributed by atoms with E-state index in [0.29, 0.717) is 24.6 Å². The maximum atomic E-state index is 12.1. The lowest BCUT2D eigenvalue weighted by atomic mass is 9.87. The fourth-order valence-electron chi connectivity index (χ4n) is 3.70. The normalized spacial score (nSPS) is 14.7. The zero-order chi connectivity index (χ0) is 25.1. The zero-order valence-electron chi connectivity index (χ0n) is 20.7. The number of fused-ring (bicyclic) bond motifs is 2. The average molecular weight is 470 g/mol. The summed E-state index contributed by atoms with van der Waals surface area (Å²) in [5.74, 6) is 0.626. The van der Waals surface area contributed by atoms with Crippen molar-refractivity contribution in [3.8, 4) is 0 Å². The Bertz CT molecular complexity index is 1390. The van der Waals surface area contributed by atoms with E-state index in [0.717, 1.165) is 27.5 Å². The Morgan fingerprint density at radius 3 is 2.11 bits per heavy atom. The molecule has 6 nitrogen and oxygen atoms in total. The lowest BCUT2D eigenvalue weighted by molar-refractivity contribution is 0.0854. The Hall–Kier alpha value is -3.64. The Balaban J connectivity index is 0.000000165. The van der Waals surface area contributed by atoms with E-state index in [-0.39, 0.29) is 17.9 Å². The number of rotatable bonds is 5. The molecular weight excluding hydrogens is 438 g/mol. The second kappa shape index (κ2) is 9.92. The number of carbonyl (C=O) groups is 1. The van der Waals surface area contributed by atoms with Gasteiger partial charge >= 0.3 is 0 Å². The molecule has 2 aromatic heterocycles. The number of pyridine rings is 2. The monoisotopic (exact) mass is 469 g/mol. The van der Waals surface area contributed by atoms with Crippen molar-refractivity contribution in [1.29, 1.82) is 0 Å². The van der Waals surface area contributed by atoms with Crippen LogP contribution in [0.15, 0.2) is 77.8 Å². The summed E-state index contributed by atoms with van der Waals surface area (Å²) in [7, 11) is 0. The van der Waals surface area contributed by atoms with Gasteiger partial charge in [-0.3, -0.25) is 4.79 Å². The summed E-state index contributed by atoms with van der Waals surface area (Å²) in [6, 6.07) is 23.4. The van der Waals surface area contributed by atoms with Crippen LogP contribution in [0, 0.1) is 5.41 Å². The van der Waals surface area contributed by atoms with Gasteiger partial charge in [0.15, 0.2) is 5.78 Å². The fourth-order valence-corrected chi connectivity index (χ4v) is 3.70. The van der Waals surface area contributed by atoms with Gasteiger partial charge in [-0.25, -0.2) is 15.0 Å². The number of nitrogens with zero attached hydrogens (tertiary/aromatic N) is 3. The van der Waals surface area contributed by atoms with Gasteiger partial charge in [-0.15, -0.1) is 0 Å². The first-order valence-corrected chi connectivity index (χ1v) is 11.7. The van der Waals surface area contributed by atoms with Crippen LogP contribution in [0.25, 0.3) is 21.8 Å². The van der Waals surface area contributed by atoms with Gasteiger partial charge in [0, 0.05) is 23.8 Å². The number of aliphatic hydroxyl groups is 1. The summed E-state index contributed by atoms with van der Waals surface area (Å²) in [6.45, 7) is 8.46. The van der Waals surface area contributed by atoms with E-state index in [1.807, 2.05) is 74.5 Å². The third kappa shape index (κ3) is 6.08. The molecule has 4 aromatic rings. The smallest absolute Gasteiger partial charge is 0.236 e. The third-order valence-corrected chi connectivity index (χ3v) is 5.74. The van der Waals surface area contributed by atoms with Crippen LogP contribution in [0.3, 0.4) is 0 Å². The first-order valence-electron chi connectivity index (χ1n) is 11.7. The van der Waals surface area contributed by atoms with Crippen LogP contribution in [0.1, 0.15) is 50.3 Å². The molecule has 0 saturated heterocycles. The van der Waals surface area contributed by atoms with Gasteiger partial charge in [0.1, 0.15) is 18.0 Å². The van der Waals surface area contributed by atoms with E-state index in [1.54, 1.807) is 6.07 Å². The summed E-state index contributed by atoms with van der Waals surface area (Å²) in [4.78, 5) is 25.5. The molecule has 35 heavy (non-hydrogen) atoms. The number of hydrogen-bond donors (Lipinski definition) is 1. The molecule has 1 aliphatic heterocycles. The minimum absolute atomic E-state index is 0.00762. The molecule has 1 aliphatic rings. The van der Waals surface area contributed by atoms with Gasteiger partial charge in [0.05, 0.1) is 16.6 Å². The van der Waals surface area contributed by atoms with Crippen LogP contribution < -0.4 is 0 Å². The SMILES string of the molecule is CC(C)(CO)CC(=O)c1ccc2ccccc2n1.CC1(C)COC(c2ccc3ccccc3n2)=N1. The summed E-state index contributed by atoms with van der Waals surface area (Å²) in [6.07, 6.45) is 0.300. The molecule has 0 fully saturated rings. The van der Waals surface area contributed by atoms with Crippen molar-refractivity contribution in [1.82, 2.24) is 9.97 Å². The van der Waals surface area contributed by atoms with Gasteiger partial charge in [0.25, 0.3) is 0 Å². The van der Waals surface area contributed by atoms with Crippen molar-refractivity contribution in [2.45, 2.75) is 39.7 Å². The number of aromatic nitrogens is 2. The van der Waals surface area contributed by atoms with Gasteiger partial charge in [0.2, 0.25) is 5.90 Å². The maximum absolute atomic E-state index is 12.1. The lowest BCUT2D eigenvalue weighted by Crippen LogP contribution is -2.21. The number of ketones is 1. The van der Waals surface area contributed by atoms with Crippen LogP contribution in [-0.4, -0.2) is 45.5 Å². The first-order chi connectivity index (χ1) is 16.7. The highest BCUT2D eigenvalue weighted by molar-refractivity contribution is 5.97. The Kier molecular flexibility index (Phi) is 6.94. The van der Waals surface area contributed by atoms with Crippen molar-refractivity contribution in [2.24, 2.45) is 10.4 Å². The predicted molar refractivity (Wildman–Crippen MR) is 140 cm³/mol. The first kappa shape index (κ1) is 24.5. The molecule has 0 bridgehead atoms. The summed E-state index contributed by atoms with van der Waals surface area (Å²) >= 11 is 0. The highest BCUT2D eigenvalue weighted by Gasteiger charge is 2.27. The zero-order valence-corrected chi connectivity index (χ0v) is 20.7. The molecule has 0 unspecified atom stereocenters. The summed E-state index contributed by atoms with van der Waals surface area (Å²) < 4.78 is 5.59. The minimum atomic E-state index is -0.398. The molecule has 0 amide bonds. The average Bonchev–Trinajstić information content (AvgIpc) is 3.23. The Morgan fingerprint density at radius 2 is 1.51 bits per heavy atom. The number of para-hydroxylation sites is 2. The number of benzene rings is 2. The van der Waals surface area contributed by atoms with E-state index in [4.69, 9.17) is 4.74 Å². The molecule has 3 heterocycles. The van der Waals surface area contributed by atoms with E-state index in [9.17, 15) is 9.90 Å². The molecule has 0 aliphatic carbocycles. The molecule has 0 saturated carbocycles. The second-order valence-electron chi connectivity index (χ2n) is 10.2. The summed E-state index contributed by atoms with van der Waals surface area (Å²) in [5.41, 5.74) is 2.54. The van der Waals surface area contributed by atoms with Crippen LogP contribution in [-0.2, 0) is 4.74 Å². The standard InChI is InChI=1S/C15H17NO2.C14H14N2O/c1-15(2,10-17)9-14(18)13-8-7-11-5-3-4-6-12(11)16-13;1-14(2)9-17-13(16-14)12-8-7-10-5-3-4-6-11(10)15-12/h3-8,17H,9-10H2,1-2H3;3-8H,9H2,1-2H3. The molecule has 180 valence electrons. The largest absolute Gasteiger partial charge is 0.474 e. The second-order valence-corrected chi connectivity index (χ2v) is 10.2. The minimum Gasteiger partial charge on any atom is -0.474 e. The highest BCUT2D eigenvalue weighted by Crippen LogP contribution is 2.23. The number of hydrogen-bond acceptors (Lipinski definition) is 6. The number of aliphatic imine (C=N–C) groups is 1. The van der Waals surface area contributed by atoms with Crippen LogP contribution >= 0.6 is 0 Å². The summed E-state index contributed by atoms with van der Waals surface area (Å²) in [5, 5.41) is 11.3. The van der Waals surface area contributed by atoms with Crippen molar-refractivity contribution < 1.29 is 14.6 Å². The van der Waals surface area contributed by atoms with Crippen molar-refractivity contribution >= 4 is 33.5 Å². The number of Topliss-reactive ketones (excluding diaryl/α,β-unsaturated/α-hetero) is 1. The lowest BCUT2D eigenvalue weighted by Gasteiger charge is -2.19. The number of carbonyl (C=O) groups excluding carboxylic acids is 1. The van der Waals surface area contributed by atoms with Gasteiger partial charge < -0.3 is 9.84 Å². The van der Waals surface area contributed by atoms with Crippen LogP contribution in [0.2, 0.25) is 0 Å². The Labute approximate surface area is 205 Å². The maximum Gasteiger partial charge on any atom is 0.236 e. The van der Waals surface area contributed by atoms with Crippen molar-refractivity contribution in [3.63, 3.8) is 0 Å². The van der Waals surface area contributed by atoms with Crippen molar-refractivity contribution in [3.05, 3.63) is 84.2 Å². The van der Waals surface area contributed by atoms with Crippen molar-refractivity contribution in [2.75, 3.05) is 13.2 Å². The van der Waals surface area contributed by atoms with Gasteiger partial charge in [-0.2, -0.15) is 0 Å². The Morgan fingerprint density at radius 1 is 0.914 bits per heavy atom. The molecule has 0 spiro atoms. The van der Waals surface area contributed by atoms with Gasteiger partial charge in [-0.1, -0.05) is 62.4 Å². The fraction of sp³-hybridized carbons (Fsp3) is 0.310. The molecule has 2 aromatic carbocycles. The molecule has 0 atom stereocenters. The molecule has 1 N–H and O–H groups in total. The molecule has 0 radical (unpaired) electrons. The topological polar surface area (TPSA) is 84.7 Å². The van der Waals surface area contributed by atoms with Crippen LogP contribution in [0.5, 0.6) is 0 Å². The van der Waals surface area contributed by atoms with Crippen LogP contribution in [0.4, 0.5) is 0 Å². The predicted octanol–water partition coefficient (Wildman–Crippen LogP) is 5.62. The number of ether oxygens (including phenoxy) is 1. The molecule has 5 rings (SSSR count). The molecule has 6 heteroatoms. The van der Waals surface area contributed by atoms with E-state index in [1.165, 1.54) is 0 Å². The van der Waals surface area contributed by atoms with E-state index >= 15 is 0 Å². The van der Waals surface area contributed by atoms with E-state index in [2.05, 4.69) is 34.9 Å².